The van der Waals surface area contributed by atoms with Gasteiger partial charge in [0.2, 0.25) is 0 Å². The van der Waals surface area contributed by atoms with E-state index in [1.807, 2.05) is 6.07 Å². The fraction of sp³-hybridized carbons (Fsp3) is 0.250. The van der Waals surface area contributed by atoms with E-state index >= 15 is 0 Å². The standard InChI is InChI=1S/C16H19N/c1-11-8-12(2)16(13(3)9-11)15-7-5-4-6-14(15)10-17/h4-9H,10,17H2,1-3H3. The molecule has 0 heterocycles. The van der Waals surface area contributed by atoms with Crippen molar-refractivity contribution in [3.63, 3.8) is 0 Å². The quantitative estimate of drug-likeness (QED) is 0.828. The van der Waals surface area contributed by atoms with Gasteiger partial charge in [-0.3, -0.25) is 0 Å². The minimum absolute atomic E-state index is 0.586. The zero-order valence-corrected chi connectivity index (χ0v) is 10.7. The molecule has 2 aromatic carbocycles. The lowest BCUT2D eigenvalue weighted by atomic mass is 9.91. The van der Waals surface area contributed by atoms with Crippen LogP contribution in [0.1, 0.15) is 22.3 Å². The first kappa shape index (κ1) is 11.9. The average Bonchev–Trinajstić information content (AvgIpc) is 2.28. The molecule has 0 radical (unpaired) electrons. The molecule has 2 rings (SSSR count). The lowest BCUT2D eigenvalue weighted by molar-refractivity contribution is 1.07. The molecule has 2 N–H and O–H groups in total. The van der Waals surface area contributed by atoms with Crippen LogP contribution in [0, 0.1) is 20.8 Å². The summed E-state index contributed by atoms with van der Waals surface area (Å²) < 4.78 is 0. The number of nitrogens with two attached hydrogens (primary N) is 1. The van der Waals surface area contributed by atoms with Crippen LogP contribution in [-0.2, 0) is 6.54 Å². The van der Waals surface area contributed by atoms with Crippen LogP contribution >= 0.6 is 0 Å². The predicted molar refractivity (Wildman–Crippen MR) is 74.0 cm³/mol. The second kappa shape index (κ2) is 4.72. The molecule has 0 aliphatic heterocycles. The Morgan fingerprint density at radius 1 is 0.941 bits per heavy atom. The van der Waals surface area contributed by atoms with Crippen molar-refractivity contribution in [2.45, 2.75) is 27.3 Å². The molecule has 0 amide bonds. The van der Waals surface area contributed by atoms with E-state index in [9.17, 15) is 0 Å². The average molecular weight is 225 g/mol. The van der Waals surface area contributed by atoms with E-state index in [1.54, 1.807) is 0 Å². The van der Waals surface area contributed by atoms with Crippen molar-refractivity contribution in [3.8, 4) is 11.1 Å². The van der Waals surface area contributed by atoms with Crippen LogP contribution in [-0.4, -0.2) is 0 Å². The highest BCUT2D eigenvalue weighted by Gasteiger charge is 2.09. The molecule has 88 valence electrons. The first-order valence-electron chi connectivity index (χ1n) is 5.99. The maximum atomic E-state index is 5.82. The summed E-state index contributed by atoms with van der Waals surface area (Å²) in [7, 11) is 0. The van der Waals surface area contributed by atoms with Crippen molar-refractivity contribution in [3.05, 3.63) is 58.7 Å². The van der Waals surface area contributed by atoms with Crippen molar-refractivity contribution in [2.75, 3.05) is 0 Å². The summed E-state index contributed by atoms with van der Waals surface area (Å²) in [5, 5.41) is 0. The molecule has 0 aromatic heterocycles. The van der Waals surface area contributed by atoms with Gasteiger partial charge in [-0.15, -0.1) is 0 Å². The smallest absolute Gasteiger partial charge is 0.0184 e. The molecule has 1 heteroatoms. The minimum Gasteiger partial charge on any atom is -0.326 e. The fourth-order valence-electron chi connectivity index (χ4n) is 2.55. The van der Waals surface area contributed by atoms with E-state index in [0.29, 0.717) is 6.54 Å². The van der Waals surface area contributed by atoms with Gasteiger partial charge >= 0.3 is 0 Å². The second-order valence-corrected chi connectivity index (χ2v) is 4.63. The van der Waals surface area contributed by atoms with Crippen LogP contribution in [0.3, 0.4) is 0 Å². The number of rotatable bonds is 2. The van der Waals surface area contributed by atoms with Crippen LogP contribution < -0.4 is 5.73 Å². The molecular weight excluding hydrogens is 206 g/mol. The highest BCUT2D eigenvalue weighted by atomic mass is 14.5. The highest BCUT2D eigenvalue weighted by molar-refractivity contribution is 5.74. The maximum Gasteiger partial charge on any atom is 0.0184 e. The third kappa shape index (κ3) is 2.25. The van der Waals surface area contributed by atoms with E-state index in [2.05, 4.69) is 51.1 Å². The Bertz CT molecular complexity index is 518. The first-order valence-corrected chi connectivity index (χ1v) is 5.99. The van der Waals surface area contributed by atoms with Gasteiger partial charge < -0.3 is 5.73 Å². The number of hydrogen-bond acceptors (Lipinski definition) is 1. The molecule has 0 unspecified atom stereocenters. The van der Waals surface area contributed by atoms with Crippen LogP contribution in [0.4, 0.5) is 0 Å². The Labute approximate surface area is 103 Å². The molecular formula is C16H19N. The molecule has 0 bridgehead atoms. The predicted octanol–water partition coefficient (Wildman–Crippen LogP) is 3.74. The van der Waals surface area contributed by atoms with Gasteiger partial charge in [-0.05, 0) is 48.6 Å². The largest absolute Gasteiger partial charge is 0.326 e. The minimum atomic E-state index is 0.586. The Balaban J connectivity index is 2.68. The fourth-order valence-corrected chi connectivity index (χ4v) is 2.55. The zero-order valence-electron chi connectivity index (χ0n) is 10.7. The normalized spacial score (nSPS) is 10.6. The van der Waals surface area contributed by atoms with Crippen molar-refractivity contribution >= 4 is 0 Å². The SMILES string of the molecule is Cc1cc(C)c(-c2ccccc2CN)c(C)c1. The van der Waals surface area contributed by atoms with Gasteiger partial charge in [-0.25, -0.2) is 0 Å². The van der Waals surface area contributed by atoms with Crippen molar-refractivity contribution < 1.29 is 0 Å². The van der Waals surface area contributed by atoms with Gasteiger partial charge in [-0.2, -0.15) is 0 Å². The third-order valence-electron chi connectivity index (χ3n) is 3.18. The third-order valence-corrected chi connectivity index (χ3v) is 3.18. The van der Waals surface area contributed by atoms with Crippen LogP contribution in [0.25, 0.3) is 11.1 Å². The van der Waals surface area contributed by atoms with Gasteiger partial charge in [0.05, 0.1) is 0 Å². The lowest BCUT2D eigenvalue weighted by Crippen LogP contribution is -2.00. The molecule has 0 aliphatic rings. The van der Waals surface area contributed by atoms with Gasteiger partial charge in [0.1, 0.15) is 0 Å². The Kier molecular flexibility index (Phi) is 3.30. The van der Waals surface area contributed by atoms with Gasteiger partial charge in [0, 0.05) is 6.54 Å². The summed E-state index contributed by atoms with van der Waals surface area (Å²) >= 11 is 0. The molecule has 0 saturated carbocycles. The van der Waals surface area contributed by atoms with Crippen LogP contribution in [0.15, 0.2) is 36.4 Å². The molecule has 0 aliphatic carbocycles. The summed E-state index contributed by atoms with van der Waals surface area (Å²) in [6, 6.07) is 12.9. The Hall–Kier alpha value is -1.60. The topological polar surface area (TPSA) is 26.0 Å². The van der Waals surface area contributed by atoms with Crippen LogP contribution in [0.5, 0.6) is 0 Å². The van der Waals surface area contributed by atoms with Gasteiger partial charge in [0.25, 0.3) is 0 Å². The van der Waals surface area contributed by atoms with Gasteiger partial charge in [0.15, 0.2) is 0 Å². The van der Waals surface area contributed by atoms with Crippen molar-refractivity contribution in [1.82, 2.24) is 0 Å². The maximum absolute atomic E-state index is 5.82. The van der Waals surface area contributed by atoms with Crippen LogP contribution in [0.2, 0.25) is 0 Å². The molecule has 17 heavy (non-hydrogen) atoms. The van der Waals surface area contributed by atoms with Crippen molar-refractivity contribution in [2.24, 2.45) is 5.73 Å². The molecule has 0 atom stereocenters. The molecule has 0 saturated heterocycles. The second-order valence-electron chi connectivity index (χ2n) is 4.63. The first-order chi connectivity index (χ1) is 8.13. The number of aryl methyl sites for hydroxylation is 3. The van der Waals surface area contributed by atoms with Crippen molar-refractivity contribution in [1.29, 1.82) is 0 Å². The summed E-state index contributed by atoms with van der Waals surface area (Å²) in [6.45, 7) is 7.06. The van der Waals surface area contributed by atoms with E-state index in [4.69, 9.17) is 5.73 Å². The van der Waals surface area contributed by atoms with E-state index in [1.165, 1.54) is 33.4 Å². The van der Waals surface area contributed by atoms with E-state index < -0.39 is 0 Å². The highest BCUT2D eigenvalue weighted by Crippen LogP contribution is 2.30. The van der Waals surface area contributed by atoms with E-state index in [0.717, 1.165) is 0 Å². The Morgan fingerprint density at radius 3 is 2.12 bits per heavy atom. The molecule has 0 spiro atoms. The molecule has 2 aromatic rings. The monoisotopic (exact) mass is 225 g/mol. The molecule has 0 fully saturated rings. The van der Waals surface area contributed by atoms with Gasteiger partial charge in [-0.1, -0.05) is 42.0 Å². The number of hydrogen-bond donors (Lipinski definition) is 1. The molecule has 1 nitrogen and oxygen atoms in total. The summed E-state index contributed by atoms with van der Waals surface area (Å²) in [5.74, 6) is 0. The summed E-state index contributed by atoms with van der Waals surface area (Å²) in [4.78, 5) is 0. The summed E-state index contributed by atoms with van der Waals surface area (Å²) in [6.07, 6.45) is 0. The lowest BCUT2D eigenvalue weighted by Gasteiger charge is -2.14. The van der Waals surface area contributed by atoms with E-state index in [-0.39, 0.29) is 0 Å². The Morgan fingerprint density at radius 2 is 1.53 bits per heavy atom. The number of benzene rings is 2. The zero-order chi connectivity index (χ0) is 12.4. The summed E-state index contributed by atoms with van der Waals surface area (Å²) in [5.41, 5.74) is 13.6.